The van der Waals surface area contributed by atoms with Gasteiger partial charge in [-0.25, -0.2) is 9.49 Å². The molecule has 7 heteroatoms. The van der Waals surface area contributed by atoms with Gasteiger partial charge < -0.3 is 9.80 Å². The first-order chi connectivity index (χ1) is 13.4. The molecular weight excluding hydrogens is 359 g/mol. The minimum Gasteiger partial charge on any atom is -0.340 e. The van der Waals surface area contributed by atoms with Gasteiger partial charge in [-0.05, 0) is 63.0 Å². The van der Waals surface area contributed by atoms with Gasteiger partial charge in [-0.15, -0.1) is 0 Å². The summed E-state index contributed by atoms with van der Waals surface area (Å²) >= 11 is 0. The van der Waals surface area contributed by atoms with E-state index < -0.39 is 5.82 Å². The zero-order valence-electron chi connectivity index (χ0n) is 16.7. The molecular formula is C21H27FN4O2. The van der Waals surface area contributed by atoms with E-state index in [9.17, 15) is 14.0 Å². The van der Waals surface area contributed by atoms with Gasteiger partial charge >= 0.3 is 0 Å². The summed E-state index contributed by atoms with van der Waals surface area (Å²) in [5, 5.41) is 6.82. The predicted molar refractivity (Wildman–Crippen MR) is 106 cm³/mol. The van der Waals surface area contributed by atoms with Crippen molar-refractivity contribution in [3.8, 4) is 0 Å². The van der Waals surface area contributed by atoms with Gasteiger partial charge in [0.05, 0.1) is 11.3 Å². The number of hydrogen-bond acceptors (Lipinski definition) is 4. The number of amides is 1. The van der Waals surface area contributed by atoms with Crippen molar-refractivity contribution in [1.82, 2.24) is 20.0 Å². The number of nitrogens with one attached hydrogen (secondary N) is 1. The van der Waals surface area contributed by atoms with Crippen molar-refractivity contribution in [3.63, 3.8) is 0 Å². The fraction of sp³-hybridized carbons (Fsp3) is 0.476. The van der Waals surface area contributed by atoms with Crippen LogP contribution in [0.1, 0.15) is 45.6 Å². The minimum absolute atomic E-state index is 0.0667. The molecule has 1 heterocycles. The summed E-state index contributed by atoms with van der Waals surface area (Å²) in [6.07, 6.45) is 4.11. The summed E-state index contributed by atoms with van der Waals surface area (Å²) in [7, 11) is 5.53. The highest BCUT2D eigenvalue weighted by Crippen LogP contribution is 2.23. The van der Waals surface area contributed by atoms with Crippen LogP contribution >= 0.6 is 0 Å². The summed E-state index contributed by atoms with van der Waals surface area (Å²) in [4.78, 5) is 28.2. The molecule has 1 N–H and O–H groups in total. The molecule has 0 atom stereocenters. The molecule has 1 amide bonds. The number of fused-ring (bicyclic) bond motifs is 1. The van der Waals surface area contributed by atoms with Crippen molar-refractivity contribution in [2.45, 2.75) is 32.1 Å². The molecule has 28 heavy (non-hydrogen) atoms. The third-order valence-electron chi connectivity index (χ3n) is 5.24. The van der Waals surface area contributed by atoms with Gasteiger partial charge in [0.2, 0.25) is 0 Å². The fourth-order valence-corrected chi connectivity index (χ4v) is 3.57. The normalized spacial score (nSPS) is 13.5. The minimum atomic E-state index is -0.526. The van der Waals surface area contributed by atoms with Gasteiger partial charge in [0.1, 0.15) is 5.82 Å². The maximum atomic E-state index is 14.3. The third-order valence-corrected chi connectivity index (χ3v) is 5.24. The first-order valence-corrected chi connectivity index (χ1v) is 9.64. The van der Waals surface area contributed by atoms with Crippen LogP contribution in [0.15, 0.2) is 23.0 Å². The predicted octanol–water partition coefficient (Wildman–Crippen LogP) is 2.01. The molecule has 0 bridgehead atoms. The Hall–Kier alpha value is -2.54. The molecule has 2 aromatic rings. The van der Waals surface area contributed by atoms with Gasteiger partial charge in [0.25, 0.3) is 11.5 Å². The van der Waals surface area contributed by atoms with Crippen molar-refractivity contribution in [2.24, 2.45) is 0 Å². The van der Waals surface area contributed by atoms with Crippen LogP contribution in [0, 0.1) is 5.82 Å². The molecule has 0 unspecified atom stereocenters. The highest BCUT2D eigenvalue weighted by Gasteiger charge is 2.20. The molecule has 0 saturated heterocycles. The maximum absolute atomic E-state index is 14.3. The molecule has 150 valence electrons. The SMILES string of the molecule is CN(C)CCN(C)C(=O)c1cc(Cc2n[nH]c(=O)c3c2CCCC3)ccc1F. The molecule has 0 aliphatic heterocycles. The Morgan fingerprint density at radius 2 is 1.86 bits per heavy atom. The van der Waals surface area contributed by atoms with Crippen LogP contribution in [0.4, 0.5) is 4.39 Å². The van der Waals surface area contributed by atoms with Gasteiger partial charge in [-0.1, -0.05) is 6.07 Å². The highest BCUT2D eigenvalue weighted by molar-refractivity contribution is 5.94. The lowest BCUT2D eigenvalue weighted by atomic mass is 9.90. The summed E-state index contributed by atoms with van der Waals surface area (Å²) in [6, 6.07) is 4.61. The Balaban J connectivity index is 1.84. The van der Waals surface area contributed by atoms with Gasteiger partial charge in [0.15, 0.2) is 0 Å². The maximum Gasteiger partial charge on any atom is 0.267 e. The van der Waals surface area contributed by atoms with E-state index in [0.29, 0.717) is 19.5 Å². The van der Waals surface area contributed by atoms with Gasteiger partial charge in [0, 0.05) is 32.1 Å². The standard InChI is InChI=1S/C21H27FN4O2/c1-25(2)10-11-26(3)21(28)17-12-14(8-9-18(17)22)13-19-15-6-4-5-7-16(15)20(27)24-23-19/h8-9,12H,4-7,10-11,13H2,1-3H3,(H,24,27). The van der Waals surface area contributed by atoms with E-state index in [4.69, 9.17) is 0 Å². The van der Waals surface area contributed by atoms with Crippen molar-refractivity contribution >= 4 is 5.91 Å². The number of aromatic amines is 1. The van der Waals surface area contributed by atoms with E-state index in [0.717, 1.165) is 48.1 Å². The van der Waals surface area contributed by atoms with E-state index in [1.54, 1.807) is 19.2 Å². The monoisotopic (exact) mass is 386 g/mol. The lowest BCUT2D eigenvalue weighted by molar-refractivity contribution is 0.0781. The average Bonchev–Trinajstić information content (AvgIpc) is 2.69. The van der Waals surface area contributed by atoms with Crippen LogP contribution in [0.5, 0.6) is 0 Å². The van der Waals surface area contributed by atoms with Crippen LogP contribution in [0.3, 0.4) is 0 Å². The first-order valence-electron chi connectivity index (χ1n) is 9.64. The molecule has 1 aliphatic rings. The Labute approximate surface area is 164 Å². The number of hydrogen-bond donors (Lipinski definition) is 1. The molecule has 1 aromatic heterocycles. The number of carbonyl (C=O) groups is 1. The second kappa shape index (κ2) is 8.65. The first kappa shape index (κ1) is 20.2. The Morgan fingerprint density at radius 3 is 2.57 bits per heavy atom. The van der Waals surface area contributed by atoms with Crippen LogP contribution in [0.25, 0.3) is 0 Å². The highest BCUT2D eigenvalue weighted by atomic mass is 19.1. The molecule has 6 nitrogen and oxygen atoms in total. The van der Waals surface area contributed by atoms with Gasteiger partial charge in [-0.3, -0.25) is 9.59 Å². The smallest absolute Gasteiger partial charge is 0.267 e. The largest absolute Gasteiger partial charge is 0.340 e. The fourth-order valence-electron chi connectivity index (χ4n) is 3.57. The quantitative estimate of drug-likeness (QED) is 0.825. The van der Waals surface area contributed by atoms with Gasteiger partial charge in [-0.2, -0.15) is 5.10 Å². The lowest BCUT2D eigenvalue weighted by Crippen LogP contribution is -2.34. The van der Waals surface area contributed by atoms with Crippen LogP contribution in [-0.4, -0.2) is 60.1 Å². The number of nitrogens with zero attached hydrogens (tertiary/aromatic N) is 3. The number of benzene rings is 1. The van der Waals surface area contributed by atoms with Crippen molar-refractivity contribution in [2.75, 3.05) is 34.2 Å². The van der Waals surface area contributed by atoms with Crippen molar-refractivity contribution in [3.05, 3.63) is 62.3 Å². The topological polar surface area (TPSA) is 69.3 Å². The summed E-state index contributed by atoms with van der Waals surface area (Å²) in [6.45, 7) is 1.22. The molecule has 1 aliphatic carbocycles. The number of aromatic nitrogens is 2. The number of carbonyl (C=O) groups excluding carboxylic acids is 1. The molecule has 0 saturated carbocycles. The lowest BCUT2D eigenvalue weighted by Gasteiger charge is -2.20. The Kier molecular flexibility index (Phi) is 6.24. The summed E-state index contributed by atoms with van der Waals surface area (Å²) < 4.78 is 14.3. The van der Waals surface area contributed by atoms with Crippen LogP contribution in [0.2, 0.25) is 0 Å². The summed E-state index contributed by atoms with van der Waals surface area (Å²) in [5.41, 5.74) is 3.39. The number of rotatable bonds is 6. The molecule has 0 fully saturated rings. The van der Waals surface area contributed by atoms with Crippen molar-refractivity contribution < 1.29 is 9.18 Å². The Bertz CT molecular complexity index is 923. The molecule has 3 rings (SSSR count). The summed E-state index contributed by atoms with van der Waals surface area (Å²) in [5.74, 6) is -0.862. The second-order valence-corrected chi connectivity index (χ2v) is 7.68. The average molecular weight is 386 g/mol. The number of likely N-dealkylation sites (N-methyl/N-ethyl adjacent to an activating group) is 2. The van der Waals surface area contributed by atoms with Crippen molar-refractivity contribution in [1.29, 1.82) is 0 Å². The van der Waals surface area contributed by atoms with Crippen LogP contribution < -0.4 is 5.56 Å². The molecule has 0 radical (unpaired) electrons. The second-order valence-electron chi connectivity index (χ2n) is 7.68. The zero-order chi connectivity index (χ0) is 20.3. The Morgan fingerprint density at radius 1 is 1.14 bits per heavy atom. The molecule has 1 aromatic carbocycles. The zero-order valence-corrected chi connectivity index (χ0v) is 16.7. The van der Waals surface area contributed by atoms with E-state index in [1.807, 2.05) is 19.0 Å². The van der Waals surface area contributed by atoms with E-state index >= 15 is 0 Å². The van der Waals surface area contributed by atoms with E-state index in [2.05, 4.69) is 10.2 Å². The molecule has 0 spiro atoms. The number of halogens is 1. The van der Waals surface area contributed by atoms with E-state index in [1.165, 1.54) is 11.0 Å². The van der Waals surface area contributed by atoms with Crippen LogP contribution in [-0.2, 0) is 19.3 Å². The third kappa shape index (κ3) is 4.47. The van der Waals surface area contributed by atoms with E-state index in [-0.39, 0.29) is 17.0 Å². The number of H-pyrrole nitrogens is 1.